The van der Waals surface area contributed by atoms with Crippen molar-refractivity contribution in [3.8, 4) is 0 Å². The molecule has 0 radical (unpaired) electrons. The van der Waals surface area contributed by atoms with E-state index in [1.165, 1.54) is 13.0 Å². The molecule has 2 saturated carbocycles. The second-order valence-electron chi connectivity index (χ2n) is 4.99. The van der Waals surface area contributed by atoms with Gasteiger partial charge in [-0.2, -0.15) is 0 Å². The van der Waals surface area contributed by atoms with Crippen LogP contribution in [0, 0.1) is 17.3 Å². The average molecular weight is 277 g/mol. The summed E-state index contributed by atoms with van der Waals surface area (Å²) in [5.41, 5.74) is 0.860. The van der Waals surface area contributed by atoms with Gasteiger partial charge in [0.1, 0.15) is 0 Å². The van der Waals surface area contributed by atoms with Crippen LogP contribution in [0.25, 0.3) is 0 Å². The normalized spacial score (nSPS) is 50.0. The first kappa shape index (κ1) is 8.04. The fourth-order valence-electron chi connectivity index (χ4n) is 3.54. The molecule has 68 valence electrons. The van der Waals surface area contributed by atoms with Crippen LogP contribution < -0.4 is 0 Å². The summed E-state index contributed by atoms with van der Waals surface area (Å²) in [4.78, 5) is 0. The zero-order valence-corrected chi connectivity index (χ0v) is 9.75. The van der Waals surface area contributed by atoms with Gasteiger partial charge in [-0.3, -0.25) is 0 Å². The van der Waals surface area contributed by atoms with Crippen LogP contribution in [0.5, 0.6) is 0 Å². The highest BCUT2D eigenvalue weighted by atomic mass is 127. The van der Waals surface area contributed by atoms with Crippen LogP contribution in [-0.4, -0.2) is 15.7 Å². The number of halogens is 1. The van der Waals surface area contributed by atoms with Crippen molar-refractivity contribution in [2.24, 2.45) is 17.3 Å². The van der Waals surface area contributed by atoms with E-state index in [1.54, 1.807) is 19.3 Å². The molecule has 0 aromatic rings. The highest BCUT2D eigenvalue weighted by molar-refractivity contribution is 14.1. The second kappa shape index (κ2) is 2.38. The summed E-state index contributed by atoms with van der Waals surface area (Å²) < 4.78 is 2.55. The van der Waals surface area contributed by atoms with Gasteiger partial charge < -0.3 is 0 Å². The van der Waals surface area contributed by atoms with E-state index in [2.05, 4.69) is 32.9 Å². The van der Waals surface area contributed by atoms with E-state index >= 15 is 0 Å². The molecule has 0 N–H and O–H groups in total. The lowest BCUT2D eigenvalue weighted by Crippen LogP contribution is -2.20. The molecular weight excluding hydrogens is 261 g/mol. The Bertz CT molecular complexity index is 212. The molecule has 3 aliphatic rings. The molecule has 0 aromatic heterocycles. The van der Waals surface area contributed by atoms with Gasteiger partial charge >= 0.3 is 0 Å². The molecule has 0 aromatic carbocycles. The maximum atomic E-state index is 2.55. The summed E-state index contributed by atoms with van der Waals surface area (Å²) >= 11 is 2.52. The van der Waals surface area contributed by atoms with Gasteiger partial charge in [-0.25, -0.2) is 3.11 Å². The summed E-state index contributed by atoms with van der Waals surface area (Å²) in [7, 11) is 0. The Hall–Kier alpha value is 0.690. The van der Waals surface area contributed by atoms with E-state index in [-0.39, 0.29) is 0 Å². The Morgan fingerprint density at radius 2 is 2.08 bits per heavy atom. The summed E-state index contributed by atoms with van der Waals surface area (Å²) in [5, 5.41) is 0. The molecule has 3 atom stereocenters. The maximum Gasteiger partial charge on any atom is 0.0204 e. The summed E-state index contributed by atoms with van der Waals surface area (Å²) in [6, 6.07) is 0.857. The first-order valence-electron chi connectivity index (χ1n) is 5.15. The largest absolute Gasteiger partial charge is 0.244 e. The predicted octanol–water partition coefficient (Wildman–Crippen LogP) is 2.85. The number of hydrogen-bond donors (Lipinski definition) is 0. The summed E-state index contributed by atoms with van der Waals surface area (Å²) in [6.45, 7) is 3.80. The van der Waals surface area contributed by atoms with E-state index in [0.29, 0.717) is 0 Å². The zero-order valence-electron chi connectivity index (χ0n) is 7.59. The topological polar surface area (TPSA) is 3.24 Å². The third kappa shape index (κ3) is 0.884. The van der Waals surface area contributed by atoms with Crippen molar-refractivity contribution in [2.75, 3.05) is 6.54 Å². The van der Waals surface area contributed by atoms with E-state index in [1.807, 2.05) is 0 Å². The molecule has 1 heterocycles. The van der Waals surface area contributed by atoms with E-state index in [0.717, 1.165) is 23.3 Å². The molecule has 1 nitrogen and oxygen atoms in total. The first-order valence-corrected chi connectivity index (χ1v) is 6.12. The van der Waals surface area contributed by atoms with Crippen LogP contribution in [0.15, 0.2) is 0 Å². The Balaban J connectivity index is 1.88. The minimum absolute atomic E-state index is 0.857. The Kier molecular flexibility index (Phi) is 1.59. The Morgan fingerprint density at radius 1 is 1.33 bits per heavy atom. The average Bonchev–Trinajstić information content (AvgIpc) is 2.67. The molecule has 0 amide bonds. The predicted molar refractivity (Wildman–Crippen MR) is 58.1 cm³/mol. The Morgan fingerprint density at radius 3 is 2.75 bits per heavy atom. The lowest BCUT2D eigenvalue weighted by Gasteiger charge is -2.16. The van der Waals surface area contributed by atoms with Crippen molar-refractivity contribution in [1.29, 1.82) is 0 Å². The van der Waals surface area contributed by atoms with Crippen molar-refractivity contribution in [1.82, 2.24) is 3.11 Å². The van der Waals surface area contributed by atoms with Gasteiger partial charge in [-0.15, -0.1) is 0 Å². The van der Waals surface area contributed by atoms with Crippen LogP contribution >= 0.6 is 22.9 Å². The number of nitrogens with zero attached hydrogens (tertiary/aromatic N) is 1. The van der Waals surface area contributed by atoms with Crippen LogP contribution in [0.2, 0.25) is 0 Å². The molecule has 3 fully saturated rings. The van der Waals surface area contributed by atoms with Gasteiger partial charge in [-0.05, 0) is 49.9 Å². The second-order valence-corrected chi connectivity index (χ2v) is 6.23. The number of rotatable bonds is 0. The molecule has 2 heteroatoms. The van der Waals surface area contributed by atoms with Crippen molar-refractivity contribution in [3.63, 3.8) is 0 Å². The van der Waals surface area contributed by atoms with Crippen LogP contribution in [0.1, 0.15) is 32.6 Å². The molecule has 1 aliphatic heterocycles. The van der Waals surface area contributed by atoms with Crippen LogP contribution in [-0.2, 0) is 0 Å². The molecule has 1 unspecified atom stereocenters. The SMILES string of the molecule is CC1[C@H]2CCC3(CC3)[C@H]2CN1I. The fraction of sp³-hybridized carbons (Fsp3) is 1.00. The standard InChI is InChI=1S/C10H16IN/c1-7-8-2-3-10(4-5-10)9(8)6-12(7)11/h7-9H,2-6H2,1H3/t7?,8-,9+/m1/s1. The highest BCUT2D eigenvalue weighted by Gasteiger charge is 2.60. The Labute approximate surface area is 88.4 Å². The third-order valence-electron chi connectivity index (χ3n) is 4.60. The summed E-state index contributed by atoms with van der Waals surface area (Å²) in [5.74, 6) is 2.12. The lowest BCUT2D eigenvalue weighted by molar-refractivity contribution is 0.343. The smallest absolute Gasteiger partial charge is 0.0204 e. The van der Waals surface area contributed by atoms with Crippen molar-refractivity contribution >= 4 is 22.9 Å². The molecular formula is C10H16IN. The molecule has 1 saturated heterocycles. The van der Waals surface area contributed by atoms with Gasteiger partial charge in [0.25, 0.3) is 0 Å². The monoisotopic (exact) mass is 277 g/mol. The van der Waals surface area contributed by atoms with Crippen LogP contribution in [0.3, 0.4) is 0 Å². The molecule has 3 rings (SSSR count). The van der Waals surface area contributed by atoms with Gasteiger partial charge in [0.15, 0.2) is 0 Å². The van der Waals surface area contributed by atoms with Crippen LogP contribution in [0.4, 0.5) is 0 Å². The van der Waals surface area contributed by atoms with E-state index < -0.39 is 0 Å². The quantitative estimate of drug-likeness (QED) is 0.486. The minimum atomic E-state index is 0.857. The highest BCUT2D eigenvalue weighted by Crippen LogP contribution is 2.66. The van der Waals surface area contributed by atoms with Crippen molar-refractivity contribution in [2.45, 2.75) is 38.6 Å². The first-order chi connectivity index (χ1) is 5.73. The maximum absolute atomic E-state index is 2.55. The summed E-state index contributed by atoms with van der Waals surface area (Å²) in [6.07, 6.45) is 6.17. The fourth-order valence-corrected chi connectivity index (χ4v) is 4.38. The lowest BCUT2D eigenvalue weighted by atomic mass is 9.88. The van der Waals surface area contributed by atoms with E-state index in [4.69, 9.17) is 0 Å². The van der Waals surface area contributed by atoms with Crippen molar-refractivity contribution < 1.29 is 0 Å². The zero-order chi connectivity index (χ0) is 8.34. The van der Waals surface area contributed by atoms with Gasteiger partial charge in [0.05, 0.1) is 0 Å². The van der Waals surface area contributed by atoms with Gasteiger partial charge in [-0.1, -0.05) is 0 Å². The minimum Gasteiger partial charge on any atom is -0.244 e. The number of hydrogen-bond acceptors (Lipinski definition) is 1. The molecule has 0 bridgehead atoms. The molecule has 2 aliphatic carbocycles. The third-order valence-corrected chi connectivity index (χ3v) is 5.88. The van der Waals surface area contributed by atoms with Crippen molar-refractivity contribution in [3.05, 3.63) is 0 Å². The molecule has 1 spiro atoms. The van der Waals surface area contributed by atoms with Gasteiger partial charge in [0.2, 0.25) is 0 Å². The van der Waals surface area contributed by atoms with Gasteiger partial charge in [0, 0.05) is 35.5 Å². The number of fused-ring (bicyclic) bond motifs is 2. The van der Waals surface area contributed by atoms with E-state index in [9.17, 15) is 0 Å². The molecule has 12 heavy (non-hydrogen) atoms.